The summed E-state index contributed by atoms with van der Waals surface area (Å²) < 4.78 is 11.1. The zero-order valence-electron chi connectivity index (χ0n) is 11.2. The molecule has 100 valence electrons. The summed E-state index contributed by atoms with van der Waals surface area (Å²) in [6.07, 6.45) is 4.10. The van der Waals surface area contributed by atoms with Crippen LogP contribution in [-0.2, 0) is 9.47 Å². The predicted octanol–water partition coefficient (Wildman–Crippen LogP) is 0.722. The van der Waals surface area contributed by atoms with Crippen LogP contribution in [0.3, 0.4) is 0 Å². The fourth-order valence-corrected chi connectivity index (χ4v) is 2.89. The number of nitrogens with one attached hydrogen (secondary N) is 1. The van der Waals surface area contributed by atoms with Gasteiger partial charge in [0.2, 0.25) is 0 Å². The topological polar surface area (TPSA) is 33.7 Å². The van der Waals surface area contributed by atoms with Crippen LogP contribution in [0.4, 0.5) is 0 Å². The first-order valence-electron chi connectivity index (χ1n) is 6.84. The number of hydrogen-bond acceptors (Lipinski definition) is 4. The van der Waals surface area contributed by atoms with Crippen molar-refractivity contribution in [3.05, 3.63) is 0 Å². The molecule has 0 aliphatic carbocycles. The summed E-state index contributed by atoms with van der Waals surface area (Å²) in [4.78, 5) is 2.40. The lowest BCUT2D eigenvalue weighted by molar-refractivity contribution is 0.0754. The van der Waals surface area contributed by atoms with Crippen LogP contribution in [0.25, 0.3) is 0 Å². The molecule has 0 bridgehead atoms. The fraction of sp³-hybridized carbons (Fsp3) is 1.00. The minimum Gasteiger partial charge on any atom is -0.381 e. The van der Waals surface area contributed by atoms with Gasteiger partial charge in [-0.1, -0.05) is 0 Å². The molecule has 3 atom stereocenters. The van der Waals surface area contributed by atoms with E-state index in [9.17, 15) is 0 Å². The molecule has 2 aliphatic heterocycles. The van der Waals surface area contributed by atoms with Crippen molar-refractivity contribution in [3.8, 4) is 0 Å². The Labute approximate surface area is 105 Å². The Morgan fingerprint density at radius 1 is 1.35 bits per heavy atom. The molecule has 0 aromatic rings. The van der Waals surface area contributed by atoms with Crippen LogP contribution in [-0.4, -0.2) is 64.1 Å². The van der Waals surface area contributed by atoms with Crippen LogP contribution in [0.2, 0.25) is 0 Å². The Morgan fingerprint density at radius 3 is 2.82 bits per heavy atom. The Bertz CT molecular complexity index is 213. The van der Waals surface area contributed by atoms with E-state index in [1.54, 1.807) is 0 Å². The van der Waals surface area contributed by atoms with Gasteiger partial charge in [0.05, 0.1) is 12.7 Å². The number of ether oxygens (including phenoxy) is 2. The Morgan fingerprint density at radius 2 is 2.24 bits per heavy atom. The molecule has 4 nitrogen and oxygen atoms in total. The van der Waals surface area contributed by atoms with Crippen molar-refractivity contribution in [2.75, 3.05) is 47.0 Å². The van der Waals surface area contributed by atoms with E-state index in [4.69, 9.17) is 9.47 Å². The van der Waals surface area contributed by atoms with Gasteiger partial charge in [0.15, 0.2) is 0 Å². The third kappa shape index (κ3) is 3.91. The first-order valence-corrected chi connectivity index (χ1v) is 6.84. The van der Waals surface area contributed by atoms with Crippen molar-refractivity contribution in [1.82, 2.24) is 10.2 Å². The predicted molar refractivity (Wildman–Crippen MR) is 68.2 cm³/mol. The highest BCUT2D eigenvalue weighted by molar-refractivity contribution is 4.81. The molecule has 0 aromatic carbocycles. The second kappa shape index (κ2) is 6.69. The van der Waals surface area contributed by atoms with Crippen molar-refractivity contribution in [3.63, 3.8) is 0 Å². The van der Waals surface area contributed by atoms with E-state index in [0.717, 1.165) is 32.9 Å². The molecule has 0 amide bonds. The largest absolute Gasteiger partial charge is 0.381 e. The molecule has 17 heavy (non-hydrogen) atoms. The number of hydrogen-bond donors (Lipinski definition) is 1. The van der Waals surface area contributed by atoms with Crippen LogP contribution in [0.1, 0.15) is 19.3 Å². The van der Waals surface area contributed by atoms with Crippen LogP contribution in [0.15, 0.2) is 0 Å². The van der Waals surface area contributed by atoms with Crippen molar-refractivity contribution < 1.29 is 9.47 Å². The van der Waals surface area contributed by atoms with Crippen LogP contribution < -0.4 is 5.32 Å². The first-order chi connectivity index (χ1) is 8.29. The molecular weight excluding hydrogens is 216 g/mol. The molecule has 0 spiro atoms. The molecular formula is C13H26N2O2. The van der Waals surface area contributed by atoms with E-state index in [2.05, 4.69) is 24.3 Å². The smallest absolute Gasteiger partial charge is 0.0702 e. The fourth-order valence-electron chi connectivity index (χ4n) is 2.89. The molecule has 2 aliphatic rings. The summed E-state index contributed by atoms with van der Waals surface area (Å²) in [5.41, 5.74) is 0. The average Bonchev–Trinajstić information content (AvgIpc) is 2.97. The lowest BCUT2D eigenvalue weighted by atomic mass is 9.98. The Hall–Kier alpha value is -0.160. The molecule has 0 radical (unpaired) electrons. The zero-order valence-corrected chi connectivity index (χ0v) is 11.2. The zero-order chi connectivity index (χ0) is 12.1. The summed E-state index contributed by atoms with van der Waals surface area (Å²) in [5.74, 6) is 0.673. The third-order valence-corrected chi connectivity index (χ3v) is 3.95. The minimum atomic E-state index is 0.456. The second-order valence-corrected chi connectivity index (χ2v) is 5.38. The van der Waals surface area contributed by atoms with Crippen molar-refractivity contribution >= 4 is 0 Å². The quantitative estimate of drug-likeness (QED) is 0.744. The summed E-state index contributed by atoms with van der Waals surface area (Å²) in [6, 6.07) is 0.545. The molecule has 2 heterocycles. The molecule has 2 fully saturated rings. The van der Waals surface area contributed by atoms with Gasteiger partial charge in [0.1, 0.15) is 0 Å². The monoisotopic (exact) mass is 242 g/mol. The highest BCUT2D eigenvalue weighted by Gasteiger charge is 2.26. The maximum absolute atomic E-state index is 5.68. The van der Waals surface area contributed by atoms with Gasteiger partial charge < -0.3 is 19.7 Å². The highest BCUT2D eigenvalue weighted by Crippen LogP contribution is 2.18. The summed E-state index contributed by atoms with van der Waals surface area (Å²) in [5, 5.41) is 3.44. The van der Waals surface area contributed by atoms with Crippen LogP contribution in [0.5, 0.6) is 0 Å². The second-order valence-electron chi connectivity index (χ2n) is 5.38. The van der Waals surface area contributed by atoms with Crippen molar-refractivity contribution in [1.29, 1.82) is 0 Å². The minimum absolute atomic E-state index is 0.456. The van der Waals surface area contributed by atoms with Gasteiger partial charge in [-0.2, -0.15) is 0 Å². The van der Waals surface area contributed by atoms with Gasteiger partial charge in [-0.25, -0.2) is 0 Å². The molecule has 1 N–H and O–H groups in total. The molecule has 2 saturated heterocycles. The van der Waals surface area contributed by atoms with Crippen LogP contribution in [0, 0.1) is 5.92 Å². The highest BCUT2D eigenvalue weighted by atomic mass is 16.5. The van der Waals surface area contributed by atoms with Gasteiger partial charge in [-0.05, 0) is 33.4 Å². The normalized spacial score (nSPS) is 31.2. The lowest BCUT2D eigenvalue weighted by Crippen LogP contribution is -2.45. The van der Waals surface area contributed by atoms with Crippen molar-refractivity contribution in [2.45, 2.75) is 31.4 Å². The number of likely N-dealkylation sites (N-methyl/N-ethyl adjacent to an activating group) is 2. The van der Waals surface area contributed by atoms with Gasteiger partial charge in [-0.15, -0.1) is 0 Å². The Balaban J connectivity index is 1.72. The van der Waals surface area contributed by atoms with Crippen molar-refractivity contribution in [2.24, 2.45) is 5.92 Å². The van der Waals surface area contributed by atoms with E-state index >= 15 is 0 Å². The summed E-state index contributed by atoms with van der Waals surface area (Å²) in [6.45, 7) is 4.94. The van der Waals surface area contributed by atoms with E-state index < -0.39 is 0 Å². The van der Waals surface area contributed by atoms with E-state index in [0.29, 0.717) is 18.1 Å². The average molecular weight is 242 g/mol. The summed E-state index contributed by atoms with van der Waals surface area (Å²) in [7, 11) is 4.25. The SMILES string of the molecule is CNC(CN(C)CC1CCCO1)C1CCOC1. The first kappa shape index (κ1) is 13.3. The molecule has 0 saturated carbocycles. The maximum Gasteiger partial charge on any atom is 0.0702 e. The third-order valence-electron chi connectivity index (χ3n) is 3.95. The van der Waals surface area contributed by atoms with Gasteiger partial charge in [0, 0.05) is 38.3 Å². The molecule has 3 unspecified atom stereocenters. The maximum atomic E-state index is 5.68. The molecule has 4 heteroatoms. The summed E-state index contributed by atoms with van der Waals surface area (Å²) >= 11 is 0. The molecule has 2 rings (SSSR count). The van der Waals surface area contributed by atoms with E-state index in [-0.39, 0.29) is 0 Å². The van der Waals surface area contributed by atoms with Crippen LogP contribution >= 0.6 is 0 Å². The number of nitrogens with zero attached hydrogens (tertiary/aromatic N) is 1. The van der Waals surface area contributed by atoms with E-state index in [1.165, 1.54) is 19.3 Å². The van der Waals surface area contributed by atoms with Gasteiger partial charge in [-0.3, -0.25) is 0 Å². The van der Waals surface area contributed by atoms with Gasteiger partial charge >= 0.3 is 0 Å². The van der Waals surface area contributed by atoms with Gasteiger partial charge in [0.25, 0.3) is 0 Å². The Kier molecular flexibility index (Phi) is 5.22. The van der Waals surface area contributed by atoms with E-state index in [1.807, 2.05) is 0 Å². The number of rotatable bonds is 6. The molecule has 0 aromatic heterocycles. The lowest BCUT2D eigenvalue weighted by Gasteiger charge is -2.28. The standard InChI is InChI=1S/C13H26N2O2/c1-14-13(11-5-7-16-10-11)9-15(2)8-12-4-3-6-17-12/h11-14H,3-10H2,1-2H3.